The molecule has 0 spiro atoms. The third-order valence-electron chi connectivity index (χ3n) is 3.78. The van der Waals surface area contributed by atoms with Crippen LogP contribution in [0, 0.1) is 5.82 Å². The first-order valence-electron chi connectivity index (χ1n) is 6.57. The fourth-order valence-corrected chi connectivity index (χ4v) is 3.00. The molecule has 2 N–H and O–H groups in total. The smallest absolute Gasteiger partial charge is 0.321 e. The van der Waals surface area contributed by atoms with Crippen molar-refractivity contribution >= 4 is 29.2 Å². The van der Waals surface area contributed by atoms with E-state index >= 15 is 0 Å². The molecule has 2 heterocycles. The summed E-state index contributed by atoms with van der Waals surface area (Å²) in [6, 6.07) is 1.82. The number of hydrogen-bond donors (Lipinski definition) is 2. The number of fused-ring (bicyclic) bond motifs is 1. The minimum Gasteiger partial charge on any atom is -0.480 e. The predicted molar refractivity (Wildman–Crippen MR) is 79.4 cm³/mol. The van der Waals surface area contributed by atoms with Gasteiger partial charge in [-0.3, -0.25) is 9.69 Å². The second kappa shape index (κ2) is 5.87. The zero-order chi connectivity index (χ0) is 15.9. The number of aromatic amines is 1. The fourth-order valence-electron chi connectivity index (χ4n) is 2.61. The van der Waals surface area contributed by atoms with Gasteiger partial charge in [-0.15, -0.1) is 0 Å². The lowest BCUT2D eigenvalue weighted by Gasteiger charge is -2.32. The average molecular weight is 344 g/mol. The molecule has 0 radical (unpaired) electrons. The van der Waals surface area contributed by atoms with E-state index in [-0.39, 0.29) is 28.6 Å². The molecule has 2 aromatic rings. The van der Waals surface area contributed by atoms with Crippen molar-refractivity contribution in [3.8, 4) is 0 Å². The van der Waals surface area contributed by atoms with Gasteiger partial charge < -0.3 is 10.1 Å². The first kappa shape index (κ1) is 15.3. The molecule has 0 bridgehead atoms. The maximum absolute atomic E-state index is 14.0. The average Bonchev–Trinajstić information content (AvgIpc) is 2.93. The van der Waals surface area contributed by atoms with Crippen molar-refractivity contribution in [1.29, 1.82) is 0 Å². The van der Waals surface area contributed by atoms with E-state index in [2.05, 4.69) is 9.97 Å². The quantitative estimate of drug-likeness (QED) is 0.840. The van der Waals surface area contributed by atoms with Crippen LogP contribution in [0.2, 0.25) is 10.0 Å². The molecule has 0 aliphatic carbocycles. The summed E-state index contributed by atoms with van der Waals surface area (Å²) < 4.78 is 14.0. The van der Waals surface area contributed by atoms with Crippen molar-refractivity contribution in [3.05, 3.63) is 51.3 Å². The Hall–Kier alpha value is -1.63. The van der Waals surface area contributed by atoms with Gasteiger partial charge in [0.1, 0.15) is 11.9 Å². The Morgan fingerprint density at radius 2 is 2.27 bits per heavy atom. The number of carboxylic acid groups (broad SMARTS) is 1. The molecule has 22 heavy (non-hydrogen) atoms. The van der Waals surface area contributed by atoms with Gasteiger partial charge in [0.05, 0.1) is 27.8 Å². The Kier molecular flexibility index (Phi) is 4.08. The molecule has 0 amide bonds. The normalized spacial score (nSPS) is 18.2. The standard InChI is InChI=1S/C14H12Cl2FN3O2/c15-8-1-2-9(17)7(13(8)16)4-20-5-11-10(18-6-19-11)3-12(20)14(21)22/h1-2,6,12H,3-5H2,(H,18,19)(H,21,22)/t12-/m0/s1. The molecule has 0 saturated heterocycles. The van der Waals surface area contributed by atoms with Gasteiger partial charge in [-0.1, -0.05) is 23.2 Å². The van der Waals surface area contributed by atoms with Gasteiger partial charge in [0.25, 0.3) is 0 Å². The zero-order valence-electron chi connectivity index (χ0n) is 11.3. The molecule has 1 aromatic carbocycles. The van der Waals surface area contributed by atoms with Crippen LogP contribution in [0.25, 0.3) is 0 Å². The molecule has 8 heteroatoms. The van der Waals surface area contributed by atoms with Gasteiger partial charge in [0, 0.05) is 25.1 Å². The van der Waals surface area contributed by atoms with E-state index in [9.17, 15) is 14.3 Å². The van der Waals surface area contributed by atoms with E-state index in [1.165, 1.54) is 18.5 Å². The van der Waals surface area contributed by atoms with Crippen molar-refractivity contribution in [1.82, 2.24) is 14.9 Å². The van der Waals surface area contributed by atoms with E-state index in [0.717, 1.165) is 11.4 Å². The topological polar surface area (TPSA) is 69.2 Å². The van der Waals surface area contributed by atoms with Gasteiger partial charge in [-0.05, 0) is 12.1 Å². The lowest BCUT2D eigenvalue weighted by molar-refractivity contribution is -0.144. The molecule has 0 saturated carbocycles. The van der Waals surface area contributed by atoms with Gasteiger partial charge >= 0.3 is 5.97 Å². The number of aromatic nitrogens is 2. The number of rotatable bonds is 3. The number of hydrogen-bond acceptors (Lipinski definition) is 3. The molecule has 1 aliphatic heterocycles. The number of carboxylic acids is 1. The number of imidazole rings is 1. The summed E-state index contributed by atoms with van der Waals surface area (Å²) in [5.41, 5.74) is 1.75. The Labute approximate surface area is 135 Å². The van der Waals surface area contributed by atoms with E-state index in [1.807, 2.05) is 0 Å². The summed E-state index contributed by atoms with van der Waals surface area (Å²) in [6.45, 7) is 0.384. The molecule has 5 nitrogen and oxygen atoms in total. The Morgan fingerprint density at radius 3 is 3.00 bits per heavy atom. The van der Waals surface area contributed by atoms with Crippen LogP contribution in [0.3, 0.4) is 0 Å². The van der Waals surface area contributed by atoms with Crippen molar-refractivity contribution < 1.29 is 14.3 Å². The molecule has 0 unspecified atom stereocenters. The van der Waals surface area contributed by atoms with Crippen molar-refractivity contribution in [2.24, 2.45) is 0 Å². The minimum atomic E-state index is -0.979. The Bertz CT molecular complexity index is 735. The van der Waals surface area contributed by atoms with Crippen LogP contribution in [-0.2, 0) is 24.3 Å². The highest BCUT2D eigenvalue weighted by atomic mass is 35.5. The molecule has 116 valence electrons. The second-order valence-corrected chi connectivity index (χ2v) is 5.90. The van der Waals surface area contributed by atoms with E-state index < -0.39 is 17.8 Å². The van der Waals surface area contributed by atoms with E-state index in [1.54, 1.807) is 4.90 Å². The summed E-state index contributed by atoms with van der Waals surface area (Å²) in [5, 5.41) is 9.76. The van der Waals surface area contributed by atoms with Crippen LogP contribution in [-0.4, -0.2) is 32.0 Å². The van der Waals surface area contributed by atoms with Crippen LogP contribution in [0.1, 0.15) is 17.0 Å². The van der Waals surface area contributed by atoms with E-state index in [0.29, 0.717) is 6.54 Å². The summed E-state index contributed by atoms with van der Waals surface area (Å²) in [7, 11) is 0. The van der Waals surface area contributed by atoms with Crippen molar-refractivity contribution in [2.75, 3.05) is 0 Å². The lowest BCUT2D eigenvalue weighted by Crippen LogP contribution is -2.45. The van der Waals surface area contributed by atoms with Crippen molar-refractivity contribution in [3.63, 3.8) is 0 Å². The number of aliphatic carboxylic acids is 1. The van der Waals surface area contributed by atoms with Crippen LogP contribution in [0.5, 0.6) is 0 Å². The number of halogens is 3. The summed E-state index contributed by atoms with van der Waals surface area (Å²) in [4.78, 5) is 20.2. The fraction of sp³-hybridized carbons (Fsp3) is 0.286. The van der Waals surface area contributed by atoms with Crippen LogP contribution in [0.15, 0.2) is 18.5 Å². The molecule has 3 rings (SSSR count). The number of nitrogens with zero attached hydrogens (tertiary/aromatic N) is 2. The monoisotopic (exact) mass is 343 g/mol. The minimum absolute atomic E-state index is 0.0562. The third kappa shape index (κ3) is 2.69. The molecule has 1 aliphatic rings. The molecule has 1 aromatic heterocycles. The first-order valence-corrected chi connectivity index (χ1v) is 7.33. The summed E-state index contributed by atoms with van der Waals surface area (Å²) >= 11 is 12.0. The Morgan fingerprint density at radius 1 is 1.50 bits per heavy atom. The number of H-pyrrole nitrogens is 1. The van der Waals surface area contributed by atoms with E-state index in [4.69, 9.17) is 23.2 Å². The molecular weight excluding hydrogens is 332 g/mol. The van der Waals surface area contributed by atoms with Gasteiger partial charge in [-0.25, -0.2) is 9.37 Å². The number of nitrogens with one attached hydrogen (secondary N) is 1. The molecule has 1 atom stereocenters. The van der Waals surface area contributed by atoms with Crippen LogP contribution < -0.4 is 0 Å². The van der Waals surface area contributed by atoms with Crippen LogP contribution >= 0.6 is 23.2 Å². The summed E-state index contributed by atoms with van der Waals surface area (Å²) in [5.74, 6) is -1.49. The second-order valence-electron chi connectivity index (χ2n) is 5.11. The highest BCUT2D eigenvalue weighted by molar-refractivity contribution is 6.42. The largest absolute Gasteiger partial charge is 0.480 e. The molecule has 0 fully saturated rings. The van der Waals surface area contributed by atoms with Gasteiger partial charge in [-0.2, -0.15) is 0 Å². The zero-order valence-corrected chi connectivity index (χ0v) is 12.8. The highest BCUT2D eigenvalue weighted by Crippen LogP contribution is 2.31. The van der Waals surface area contributed by atoms with Gasteiger partial charge in [0.15, 0.2) is 0 Å². The SMILES string of the molecule is O=C(O)[C@@H]1Cc2nc[nH]c2CN1Cc1c(F)ccc(Cl)c1Cl. The number of benzene rings is 1. The summed E-state index contributed by atoms with van der Waals surface area (Å²) in [6.07, 6.45) is 1.79. The number of carbonyl (C=O) groups is 1. The Balaban J connectivity index is 1.94. The predicted octanol–water partition coefficient (Wildman–Crippen LogP) is 2.87. The van der Waals surface area contributed by atoms with Gasteiger partial charge in [0.2, 0.25) is 0 Å². The highest BCUT2D eigenvalue weighted by Gasteiger charge is 2.33. The van der Waals surface area contributed by atoms with Crippen molar-refractivity contribution in [2.45, 2.75) is 25.6 Å². The lowest BCUT2D eigenvalue weighted by atomic mass is 10.0. The van der Waals surface area contributed by atoms with Crippen LogP contribution in [0.4, 0.5) is 4.39 Å². The maximum atomic E-state index is 14.0. The molecular formula is C14H12Cl2FN3O2. The first-order chi connectivity index (χ1) is 10.5. The third-order valence-corrected chi connectivity index (χ3v) is 4.62. The maximum Gasteiger partial charge on any atom is 0.321 e.